The van der Waals surface area contributed by atoms with Gasteiger partial charge >= 0.3 is 0 Å². The van der Waals surface area contributed by atoms with Gasteiger partial charge in [-0.25, -0.2) is 0 Å². The van der Waals surface area contributed by atoms with Crippen molar-refractivity contribution in [1.29, 1.82) is 0 Å². The fraction of sp³-hybridized carbons (Fsp3) is 0.875. The first-order valence-electron chi connectivity index (χ1n) is 12.0. The number of ether oxygens (including phenoxy) is 2. The van der Waals surface area contributed by atoms with Crippen molar-refractivity contribution >= 4 is 30.3 Å². The van der Waals surface area contributed by atoms with Crippen LogP contribution in [0.4, 0.5) is 0 Å². The third-order valence-electron chi connectivity index (χ3n) is 5.40. The van der Waals surface area contributed by atoms with Crippen LogP contribution in [0.2, 0.25) is 0 Å². The van der Waals surface area contributed by atoms with Gasteiger partial charge in [0.2, 0.25) is 5.91 Å². The summed E-state index contributed by atoms with van der Waals surface area (Å²) in [6.45, 7) is 18.5. The number of carbonyl (C=O) groups excluding carboxylic acids is 1. The number of nitrogens with one attached hydrogen (secondary N) is 2. The van der Waals surface area contributed by atoms with Crippen LogP contribution in [0.15, 0.2) is 22.2 Å². The lowest BCUT2D eigenvalue weighted by atomic mass is 10.00. The highest BCUT2D eigenvalue weighted by molar-refractivity contribution is 7.99. The molecule has 0 bridgehead atoms. The number of amides is 1. The molecule has 1 heterocycles. The van der Waals surface area contributed by atoms with E-state index in [2.05, 4.69) is 75.4 Å². The molecule has 0 saturated heterocycles. The van der Waals surface area contributed by atoms with Crippen LogP contribution in [0, 0.1) is 0 Å². The zero-order valence-corrected chi connectivity index (χ0v) is 24.4. The normalized spacial score (nSPS) is 15.2. The van der Waals surface area contributed by atoms with Gasteiger partial charge in [-0.05, 0) is 67.1 Å². The van der Waals surface area contributed by atoms with Gasteiger partial charge in [-0.15, -0.1) is 5.11 Å². The van der Waals surface area contributed by atoms with Gasteiger partial charge in [-0.1, -0.05) is 19.1 Å². The largest absolute Gasteiger partial charge is 0.375 e. The SMILES string of the molecule is CSCC(=O)NC(C)(C)CCOC(C)(C)CC1=CN(CCC(C)(C)OCCC(C)(C)S)NN=N1. The number of rotatable bonds is 16. The van der Waals surface area contributed by atoms with Crippen molar-refractivity contribution < 1.29 is 14.3 Å². The van der Waals surface area contributed by atoms with E-state index in [9.17, 15) is 4.79 Å². The van der Waals surface area contributed by atoms with Crippen molar-refractivity contribution in [3.63, 3.8) is 0 Å². The Balaban J connectivity index is 2.49. The molecule has 0 aliphatic carbocycles. The summed E-state index contributed by atoms with van der Waals surface area (Å²) < 4.78 is 12.2. The molecule has 0 fully saturated rings. The molecule has 0 unspecified atom stereocenters. The smallest absolute Gasteiger partial charge is 0.230 e. The molecular weight excluding hydrogens is 470 g/mol. The van der Waals surface area contributed by atoms with Crippen LogP contribution < -0.4 is 10.9 Å². The molecule has 0 spiro atoms. The summed E-state index contributed by atoms with van der Waals surface area (Å²) in [6.07, 6.45) is 7.00. The summed E-state index contributed by atoms with van der Waals surface area (Å²) in [7, 11) is 0. The van der Waals surface area contributed by atoms with E-state index in [1.165, 1.54) is 11.8 Å². The number of thiol groups is 1. The van der Waals surface area contributed by atoms with E-state index in [4.69, 9.17) is 9.47 Å². The minimum Gasteiger partial charge on any atom is -0.375 e. The van der Waals surface area contributed by atoms with E-state index in [-0.39, 0.29) is 21.8 Å². The molecule has 0 atom stereocenters. The van der Waals surface area contributed by atoms with Gasteiger partial charge in [0.05, 0.1) is 22.7 Å². The van der Waals surface area contributed by atoms with Crippen LogP contribution in [0.5, 0.6) is 0 Å². The van der Waals surface area contributed by atoms with Crippen molar-refractivity contribution in [2.24, 2.45) is 10.3 Å². The number of nitrogens with zero attached hydrogens (tertiary/aromatic N) is 3. The quantitative estimate of drug-likeness (QED) is 0.246. The summed E-state index contributed by atoms with van der Waals surface area (Å²) in [5.74, 6) is 0.521. The van der Waals surface area contributed by atoms with Gasteiger partial charge in [0.1, 0.15) is 0 Å². The molecule has 0 aromatic heterocycles. The molecule has 0 aromatic rings. The molecule has 2 N–H and O–H groups in total. The molecule has 1 rings (SSSR count). The summed E-state index contributed by atoms with van der Waals surface area (Å²) in [5.41, 5.74) is 2.83. The molecule has 1 amide bonds. The van der Waals surface area contributed by atoms with Gasteiger partial charge in [0.15, 0.2) is 0 Å². The number of hydrogen-bond acceptors (Lipinski definition) is 9. The van der Waals surface area contributed by atoms with E-state index >= 15 is 0 Å². The Labute approximate surface area is 216 Å². The van der Waals surface area contributed by atoms with E-state index in [0.717, 1.165) is 31.5 Å². The fourth-order valence-electron chi connectivity index (χ4n) is 3.29. The fourth-order valence-corrected chi connectivity index (χ4v) is 3.72. The van der Waals surface area contributed by atoms with Crippen molar-refractivity contribution in [2.75, 3.05) is 31.8 Å². The van der Waals surface area contributed by atoms with Crippen molar-refractivity contribution in [1.82, 2.24) is 15.9 Å². The highest BCUT2D eigenvalue weighted by Crippen LogP contribution is 2.25. The Morgan fingerprint density at radius 1 is 1.06 bits per heavy atom. The Hall–Kier alpha value is -0.970. The maximum absolute atomic E-state index is 11.9. The zero-order chi connectivity index (χ0) is 26.0. The van der Waals surface area contributed by atoms with Gasteiger partial charge in [-0.2, -0.15) is 29.9 Å². The number of hydrazine groups is 1. The minimum absolute atomic E-state index is 0.0324. The van der Waals surface area contributed by atoms with Crippen LogP contribution in [-0.4, -0.2) is 64.2 Å². The second-order valence-corrected chi connectivity index (χ2v) is 13.5. The summed E-state index contributed by atoms with van der Waals surface area (Å²) in [5, 5.41) is 13.3. The first kappa shape index (κ1) is 31.1. The zero-order valence-electron chi connectivity index (χ0n) is 22.7. The van der Waals surface area contributed by atoms with Crippen LogP contribution in [0.3, 0.4) is 0 Å². The van der Waals surface area contributed by atoms with Gasteiger partial charge in [0.25, 0.3) is 0 Å². The van der Waals surface area contributed by atoms with E-state index in [0.29, 0.717) is 25.4 Å². The monoisotopic (exact) mass is 517 g/mol. The summed E-state index contributed by atoms with van der Waals surface area (Å²) in [4.78, 5) is 11.9. The Morgan fingerprint density at radius 2 is 1.68 bits per heavy atom. The Bertz CT molecular complexity index is 703. The minimum atomic E-state index is -0.407. The van der Waals surface area contributed by atoms with E-state index in [1.54, 1.807) is 0 Å². The predicted octanol–water partition coefficient (Wildman–Crippen LogP) is 5.13. The number of thioether (sulfide) groups is 1. The molecule has 8 nitrogen and oxygen atoms in total. The third kappa shape index (κ3) is 14.4. The second-order valence-electron chi connectivity index (χ2n) is 11.4. The topological polar surface area (TPSA) is 87.5 Å². The summed E-state index contributed by atoms with van der Waals surface area (Å²) in [6, 6.07) is 0. The van der Waals surface area contributed by atoms with Crippen LogP contribution in [0.1, 0.15) is 81.1 Å². The van der Waals surface area contributed by atoms with Crippen molar-refractivity contribution in [3.8, 4) is 0 Å². The first-order valence-corrected chi connectivity index (χ1v) is 13.8. The molecule has 1 aliphatic heterocycles. The highest BCUT2D eigenvalue weighted by Gasteiger charge is 2.26. The van der Waals surface area contributed by atoms with Crippen molar-refractivity contribution in [2.45, 2.75) is 103 Å². The predicted molar refractivity (Wildman–Crippen MR) is 145 cm³/mol. The van der Waals surface area contributed by atoms with Gasteiger partial charge in [0, 0.05) is 42.7 Å². The lowest BCUT2D eigenvalue weighted by molar-refractivity contribution is -0.120. The molecule has 0 saturated carbocycles. The standard InChI is InChI=1S/C24H47N5O3S2/c1-21(2,25-20(30)18-34-9)11-14-32-23(5,6)16-19-17-29(28-27-26-19)13-10-22(3,4)31-15-12-24(7,8)33/h17,33H,10-16,18H2,1-9H3,(H,25,30)(H,26,28). The molecule has 0 aromatic carbocycles. The van der Waals surface area contributed by atoms with Gasteiger partial charge < -0.3 is 14.8 Å². The van der Waals surface area contributed by atoms with E-state index in [1.807, 2.05) is 31.3 Å². The lowest BCUT2D eigenvalue weighted by Crippen LogP contribution is -2.45. The molecule has 34 heavy (non-hydrogen) atoms. The van der Waals surface area contributed by atoms with Crippen molar-refractivity contribution in [3.05, 3.63) is 11.9 Å². The molecular formula is C24H47N5O3S2. The van der Waals surface area contributed by atoms with Gasteiger partial charge in [-0.3, -0.25) is 9.80 Å². The highest BCUT2D eigenvalue weighted by atomic mass is 32.2. The van der Waals surface area contributed by atoms with Crippen LogP contribution >= 0.6 is 24.4 Å². The third-order valence-corrected chi connectivity index (χ3v) is 6.17. The first-order chi connectivity index (χ1) is 15.5. The lowest BCUT2D eigenvalue weighted by Gasteiger charge is -2.32. The Kier molecular flexibility index (Phi) is 12.2. The maximum Gasteiger partial charge on any atom is 0.230 e. The second kappa shape index (κ2) is 13.4. The summed E-state index contributed by atoms with van der Waals surface area (Å²) >= 11 is 6.08. The maximum atomic E-state index is 11.9. The average Bonchev–Trinajstić information content (AvgIpc) is 2.64. The molecule has 1 aliphatic rings. The Morgan fingerprint density at radius 3 is 2.29 bits per heavy atom. The number of hydrogen-bond donors (Lipinski definition) is 3. The van der Waals surface area contributed by atoms with Crippen LogP contribution in [-0.2, 0) is 14.3 Å². The van der Waals surface area contributed by atoms with E-state index < -0.39 is 5.60 Å². The van der Waals surface area contributed by atoms with Crippen LogP contribution in [0.25, 0.3) is 0 Å². The average molecular weight is 518 g/mol. The molecule has 198 valence electrons. The number of carbonyl (C=O) groups is 1. The molecule has 10 heteroatoms. The molecule has 0 radical (unpaired) electrons.